The molecule has 1 N–H and O–H groups in total. The monoisotopic (exact) mass is 135 g/mol. The molecule has 0 radical (unpaired) electrons. The lowest BCUT2D eigenvalue weighted by atomic mass is 10.5. The van der Waals surface area contributed by atoms with Crippen molar-refractivity contribution in [3.63, 3.8) is 0 Å². The van der Waals surface area contributed by atoms with Crippen LogP contribution in [-0.4, -0.2) is 35.8 Å². The van der Waals surface area contributed by atoms with Crippen LogP contribution in [0.4, 0.5) is 0 Å². The molecule has 0 rings (SSSR count). The van der Waals surface area contributed by atoms with Crippen LogP contribution < -0.4 is 0 Å². The molecule has 3 heteroatoms. The molecule has 0 aromatic carbocycles. The van der Waals surface area contributed by atoms with Gasteiger partial charge in [-0.15, -0.1) is 0 Å². The van der Waals surface area contributed by atoms with Gasteiger partial charge in [0.1, 0.15) is 0 Å². The van der Waals surface area contributed by atoms with Crippen LogP contribution in [0.2, 0.25) is 0 Å². The Bertz CT molecular complexity index is 49.7. The molecular weight excluding hydrogens is 122 g/mol. The Morgan fingerprint density at radius 1 is 1.50 bits per heavy atom. The zero-order valence-corrected chi connectivity index (χ0v) is 6.24. The summed E-state index contributed by atoms with van der Waals surface area (Å²) in [6.45, 7) is 1.06. The summed E-state index contributed by atoms with van der Waals surface area (Å²) >= 11 is 0.917. The summed E-state index contributed by atoms with van der Waals surface area (Å²) in [6.07, 6.45) is 1.06. The van der Waals surface area contributed by atoms with Crippen LogP contribution in [0.3, 0.4) is 0 Å². The standard InChI is InChI=1S/C5H13NOS/c1-6(2)4-3-5-8-7/h7H,3-5H2,1-2H3. The molecule has 0 saturated heterocycles. The van der Waals surface area contributed by atoms with Gasteiger partial charge in [0.25, 0.3) is 0 Å². The Hall–Kier alpha value is 0.270. The van der Waals surface area contributed by atoms with Crippen LogP contribution >= 0.6 is 12.0 Å². The molecule has 8 heavy (non-hydrogen) atoms. The lowest BCUT2D eigenvalue weighted by Gasteiger charge is -2.06. The zero-order valence-electron chi connectivity index (χ0n) is 5.42. The van der Waals surface area contributed by atoms with Crippen molar-refractivity contribution in [2.45, 2.75) is 6.42 Å². The highest BCUT2D eigenvalue weighted by Crippen LogP contribution is 1.94. The SMILES string of the molecule is CN(C)CCCSO. The van der Waals surface area contributed by atoms with E-state index < -0.39 is 0 Å². The Balaban J connectivity index is 2.72. The predicted molar refractivity (Wildman–Crippen MR) is 38.3 cm³/mol. The van der Waals surface area contributed by atoms with E-state index in [4.69, 9.17) is 4.55 Å². The highest BCUT2D eigenvalue weighted by atomic mass is 32.2. The van der Waals surface area contributed by atoms with Crippen LogP contribution in [0.15, 0.2) is 0 Å². The van der Waals surface area contributed by atoms with Crippen molar-refractivity contribution in [2.24, 2.45) is 0 Å². The summed E-state index contributed by atoms with van der Waals surface area (Å²) in [5.41, 5.74) is 0. The molecule has 0 bridgehead atoms. The van der Waals surface area contributed by atoms with E-state index in [2.05, 4.69) is 4.90 Å². The van der Waals surface area contributed by atoms with Crippen LogP contribution in [0.1, 0.15) is 6.42 Å². The van der Waals surface area contributed by atoms with Crippen molar-refractivity contribution in [1.29, 1.82) is 0 Å². The van der Waals surface area contributed by atoms with Gasteiger partial charge >= 0.3 is 0 Å². The number of rotatable bonds is 4. The van der Waals surface area contributed by atoms with Gasteiger partial charge in [-0.05, 0) is 39.1 Å². The Kier molecular flexibility index (Phi) is 5.59. The van der Waals surface area contributed by atoms with Gasteiger partial charge < -0.3 is 9.45 Å². The van der Waals surface area contributed by atoms with Crippen molar-refractivity contribution in [3.8, 4) is 0 Å². The van der Waals surface area contributed by atoms with Gasteiger partial charge in [-0.2, -0.15) is 0 Å². The van der Waals surface area contributed by atoms with Gasteiger partial charge in [0, 0.05) is 5.75 Å². The normalized spacial score (nSPS) is 10.5. The fraction of sp³-hybridized carbons (Fsp3) is 1.00. The van der Waals surface area contributed by atoms with Crippen molar-refractivity contribution in [3.05, 3.63) is 0 Å². The maximum Gasteiger partial charge on any atom is 0.0207 e. The summed E-state index contributed by atoms with van der Waals surface area (Å²) < 4.78 is 8.28. The molecule has 0 saturated carbocycles. The number of hydrogen-bond donors (Lipinski definition) is 1. The van der Waals surface area contributed by atoms with Crippen molar-refractivity contribution in [2.75, 3.05) is 26.4 Å². The minimum Gasteiger partial charge on any atom is -0.330 e. The van der Waals surface area contributed by atoms with E-state index in [0.717, 1.165) is 30.8 Å². The summed E-state index contributed by atoms with van der Waals surface area (Å²) in [4.78, 5) is 2.11. The quantitative estimate of drug-likeness (QED) is 0.462. The molecular formula is C5H13NOS. The van der Waals surface area contributed by atoms with Crippen LogP contribution in [0.25, 0.3) is 0 Å². The fourth-order valence-corrected chi connectivity index (χ4v) is 0.704. The molecule has 0 aliphatic rings. The summed E-state index contributed by atoms with van der Waals surface area (Å²) in [5, 5.41) is 0. The van der Waals surface area contributed by atoms with E-state index in [1.54, 1.807) is 0 Å². The lowest BCUT2D eigenvalue weighted by molar-refractivity contribution is 0.409. The number of nitrogens with zero attached hydrogens (tertiary/aromatic N) is 1. The third-order valence-corrected chi connectivity index (χ3v) is 1.31. The van der Waals surface area contributed by atoms with E-state index in [-0.39, 0.29) is 0 Å². The maximum atomic E-state index is 8.28. The van der Waals surface area contributed by atoms with E-state index >= 15 is 0 Å². The van der Waals surface area contributed by atoms with Crippen LogP contribution in [0, 0.1) is 0 Å². The second-order valence-corrected chi connectivity index (χ2v) is 2.66. The first kappa shape index (κ1) is 8.27. The van der Waals surface area contributed by atoms with Gasteiger partial charge in [-0.25, -0.2) is 0 Å². The topological polar surface area (TPSA) is 23.5 Å². The average Bonchev–Trinajstić information content (AvgIpc) is 1.66. The molecule has 0 fully saturated rings. The second kappa shape index (κ2) is 5.41. The molecule has 0 aliphatic carbocycles. The minimum absolute atomic E-state index is 0.845. The van der Waals surface area contributed by atoms with Crippen LogP contribution in [0.5, 0.6) is 0 Å². The Morgan fingerprint density at radius 2 is 2.12 bits per heavy atom. The van der Waals surface area contributed by atoms with Gasteiger partial charge in [0.05, 0.1) is 0 Å². The molecule has 0 aliphatic heterocycles. The third kappa shape index (κ3) is 6.27. The molecule has 2 nitrogen and oxygen atoms in total. The first-order valence-corrected chi connectivity index (χ1v) is 3.62. The average molecular weight is 135 g/mol. The molecule has 0 unspecified atom stereocenters. The van der Waals surface area contributed by atoms with Crippen molar-refractivity contribution < 1.29 is 4.55 Å². The van der Waals surface area contributed by atoms with E-state index in [1.165, 1.54) is 0 Å². The van der Waals surface area contributed by atoms with Crippen molar-refractivity contribution >= 4 is 12.0 Å². The van der Waals surface area contributed by atoms with Crippen molar-refractivity contribution in [1.82, 2.24) is 4.90 Å². The number of hydrogen-bond acceptors (Lipinski definition) is 3. The predicted octanol–water partition coefficient (Wildman–Crippen LogP) is 1.14. The zero-order chi connectivity index (χ0) is 6.41. The van der Waals surface area contributed by atoms with E-state index in [9.17, 15) is 0 Å². The fourth-order valence-electron chi connectivity index (χ4n) is 0.445. The van der Waals surface area contributed by atoms with Gasteiger partial charge in [-0.3, -0.25) is 0 Å². The first-order valence-electron chi connectivity index (χ1n) is 2.68. The highest BCUT2D eigenvalue weighted by Gasteiger charge is 1.87. The summed E-state index contributed by atoms with van der Waals surface area (Å²) in [6, 6.07) is 0. The molecule has 50 valence electrons. The Morgan fingerprint density at radius 3 is 2.50 bits per heavy atom. The van der Waals surface area contributed by atoms with Gasteiger partial charge in [0.2, 0.25) is 0 Å². The Labute approximate surface area is 55.1 Å². The molecule has 0 atom stereocenters. The molecule has 0 spiro atoms. The van der Waals surface area contributed by atoms with E-state index in [0.29, 0.717) is 0 Å². The molecule has 0 heterocycles. The van der Waals surface area contributed by atoms with Gasteiger partial charge in [-0.1, -0.05) is 0 Å². The summed E-state index contributed by atoms with van der Waals surface area (Å²) in [5.74, 6) is 0.845. The molecule has 0 aromatic rings. The smallest absolute Gasteiger partial charge is 0.0207 e. The second-order valence-electron chi connectivity index (χ2n) is 1.99. The largest absolute Gasteiger partial charge is 0.330 e. The minimum atomic E-state index is 0.845. The highest BCUT2D eigenvalue weighted by molar-refractivity contribution is 7.93. The first-order chi connectivity index (χ1) is 3.77. The third-order valence-electron chi connectivity index (χ3n) is 0.841. The lowest BCUT2D eigenvalue weighted by Crippen LogP contribution is -2.13. The van der Waals surface area contributed by atoms with E-state index in [1.807, 2.05) is 14.1 Å². The maximum absolute atomic E-state index is 8.28. The van der Waals surface area contributed by atoms with Crippen LogP contribution in [-0.2, 0) is 0 Å². The molecule has 0 aromatic heterocycles. The molecule has 0 amide bonds. The van der Waals surface area contributed by atoms with Gasteiger partial charge in [0.15, 0.2) is 0 Å². The summed E-state index contributed by atoms with van der Waals surface area (Å²) in [7, 11) is 4.06.